The van der Waals surface area contributed by atoms with E-state index in [9.17, 15) is 4.39 Å². The summed E-state index contributed by atoms with van der Waals surface area (Å²) in [6.07, 6.45) is 3.92. The normalized spacial score (nSPS) is 14.8. The number of halogens is 3. The van der Waals surface area contributed by atoms with Crippen LogP contribution in [0, 0.1) is 5.82 Å². The minimum absolute atomic E-state index is 0.268. The van der Waals surface area contributed by atoms with E-state index in [1.54, 1.807) is 6.20 Å². The summed E-state index contributed by atoms with van der Waals surface area (Å²) in [5.74, 6) is 0.329. The van der Waals surface area contributed by atoms with Crippen molar-refractivity contribution in [1.82, 2.24) is 9.97 Å². The van der Waals surface area contributed by atoms with E-state index >= 15 is 0 Å². The molecule has 92 valence electrons. The second-order valence-electron chi connectivity index (χ2n) is 4.34. The van der Waals surface area contributed by atoms with E-state index in [-0.39, 0.29) is 11.4 Å². The Kier molecular flexibility index (Phi) is 2.96. The van der Waals surface area contributed by atoms with Crippen LogP contribution in [0.3, 0.4) is 0 Å². The highest BCUT2D eigenvalue weighted by Gasteiger charge is 2.27. The van der Waals surface area contributed by atoms with Crippen LogP contribution < -0.4 is 0 Å². The minimum atomic E-state index is -0.408. The average Bonchev–Trinajstić information content (AvgIpc) is 3.16. The summed E-state index contributed by atoms with van der Waals surface area (Å²) in [6, 6.07) is 4.28. The first-order valence-corrected chi connectivity index (χ1v) is 6.38. The van der Waals surface area contributed by atoms with Gasteiger partial charge >= 0.3 is 0 Å². The standard InChI is InChI=1S/C13H9Cl2FN2/c14-8-3-4-11(16)9(5-8)13-17-6-10(7-1-2-7)12(15)18-13/h3-7H,1-2H2. The SMILES string of the molecule is Fc1ccc(Cl)cc1-c1ncc(C2CC2)c(Cl)n1. The fraction of sp³-hybridized carbons (Fsp3) is 0.231. The van der Waals surface area contributed by atoms with Gasteiger partial charge in [0, 0.05) is 16.8 Å². The zero-order valence-electron chi connectivity index (χ0n) is 9.33. The number of hydrogen-bond acceptors (Lipinski definition) is 2. The van der Waals surface area contributed by atoms with Crippen LogP contribution in [0.1, 0.15) is 24.3 Å². The lowest BCUT2D eigenvalue weighted by Crippen LogP contribution is -1.95. The molecule has 0 saturated heterocycles. The summed E-state index contributed by atoms with van der Waals surface area (Å²) in [7, 11) is 0. The molecule has 1 aromatic carbocycles. The minimum Gasteiger partial charge on any atom is -0.236 e. The highest BCUT2D eigenvalue weighted by molar-refractivity contribution is 6.31. The smallest absolute Gasteiger partial charge is 0.163 e. The van der Waals surface area contributed by atoms with Crippen LogP contribution in [0.2, 0.25) is 10.2 Å². The lowest BCUT2D eigenvalue weighted by Gasteiger charge is -2.05. The van der Waals surface area contributed by atoms with E-state index < -0.39 is 5.82 Å². The van der Waals surface area contributed by atoms with Crippen LogP contribution in [0.5, 0.6) is 0 Å². The van der Waals surface area contributed by atoms with Crippen molar-refractivity contribution in [2.45, 2.75) is 18.8 Å². The lowest BCUT2D eigenvalue weighted by atomic mass is 10.2. The van der Waals surface area contributed by atoms with Crippen LogP contribution in [-0.2, 0) is 0 Å². The third-order valence-corrected chi connectivity index (χ3v) is 3.49. The fourth-order valence-electron chi connectivity index (χ4n) is 1.84. The maximum atomic E-state index is 13.7. The molecule has 0 N–H and O–H groups in total. The zero-order chi connectivity index (χ0) is 12.7. The van der Waals surface area contributed by atoms with Gasteiger partial charge in [0.15, 0.2) is 5.82 Å². The predicted molar refractivity (Wildman–Crippen MR) is 69.4 cm³/mol. The molecule has 0 aliphatic heterocycles. The Hall–Kier alpha value is -1.19. The van der Waals surface area contributed by atoms with Crippen LogP contribution in [0.4, 0.5) is 4.39 Å². The maximum absolute atomic E-state index is 13.7. The van der Waals surface area contributed by atoms with Gasteiger partial charge in [-0.15, -0.1) is 0 Å². The van der Waals surface area contributed by atoms with Gasteiger partial charge in [0.2, 0.25) is 0 Å². The van der Waals surface area contributed by atoms with Crippen molar-refractivity contribution in [3.05, 3.63) is 46.0 Å². The maximum Gasteiger partial charge on any atom is 0.163 e. The van der Waals surface area contributed by atoms with E-state index in [0.717, 1.165) is 18.4 Å². The van der Waals surface area contributed by atoms with Gasteiger partial charge in [0.25, 0.3) is 0 Å². The lowest BCUT2D eigenvalue weighted by molar-refractivity contribution is 0.630. The molecule has 1 aliphatic carbocycles. The number of benzene rings is 1. The molecule has 1 aliphatic rings. The van der Waals surface area contributed by atoms with Gasteiger partial charge in [-0.25, -0.2) is 14.4 Å². The molecule has 0 atom stereocenters. The van der Waals surface area contributed by atoms with E-state index in [1.807, 2.05) is 0 Å². The molecule has 0 radical (unpaired) electrons. The van der Waals surface area contributed by atoms with Gasteiger partial charge in [0.05, 0.1) is 5.56 Å². The highest BCUT2D eigenvalue weighted by atomic mass is 35.5. The molecule has 2 nitrogen and oxygen atoms in total. The monoisotopic (exact) mass is 282 g/mol. The third kappa shape index (κ3) is 2.20. The Morgan fingerprint density at radius 2 is 2.00 bits per heavy atom. The van der Waals surface area contributed by atoms with Crippen molar-refractivity contribution in [2.24, 2.45) is 0 Å². The van der Waals surface area contributed by atoms with E-state index in [4.69, 9.17) is 23.2 Å². The van der Waals surface area contributed by atoms with Crippen molar-refractivity contribution < 1.29 is 4.39 Å². The summed E-state index contributed by atoms with van der Waals surface area (Å²) in [6.45, 7) is 0. The van der Waals surface area contributed by atoms with Crippen LogP contribution in [0.15, 0.2) is 24.4 Å². The van der Waals surface area contributed by atoms with Gasteiger partial charge in [-0.2, -0.15) is 0 Å². The first-order valence-electron chi connectivity index (χ1n) is 5.63. The van der Waals surface area contributed by atoms with Gasteiger partial charge in [0.1, 0.15) is 11.0 Å². The largest absolute Gasteiger partial charge is 0.236 e. The molecule has 2 aromatic rings. The topological polar surface area (TPSA) is 25.8 Å². The molecule has 5 heteroatoms. The van der Waals surface area contributed by atoms with Crippen LogP contribution >= 0.6 is 23.2 Å². The van der Waals surface area contributed by atoms with Crippen molar-refractivity contribution >= 4 is 23.2 Å². The van der Waals surface area contributed by atoms with Crippen molar-refractivity contribution in [3.8, 4) is 11.4 Å². The summed E-state index contributed by atoms with van der Waals surface area (Å²) in [5.41, 5.74) is 1.22. The molecule has 1 heterocycles. The van der Waals surface area contributed by atoms with Crippen molar-refractivity contribution in [1.29, 1.82) is 0 Å². The summed E-state index contributed by atoms with van der Waals surface area (Å²) < 4.78 is 13.7. The molecule has 0 unspecified atom stereocenters. The highest BCUT2D eigenvalue weighted by Crippen LogP contribution is 2.42. The van der Waals surface area contributed by atoms with Gasteiger partial charge < -0.3 is 0 Å². The van der Waals surface area contributed by atoms with E-state index in [1.165, 1.54) is 18.2 Å². The molecule has 1 saturated carbocycles. The van der Waals surface area contributed by atoms with Crippen molar-refractivity contribution in [2.75, 3.05) is 0 Å². The van der Waals surface area contributed by atoms with Gasteiger partial charge in [-0.1, -0.05) is 23.2 Å². The molecular weight excluding hydrogens is 274 g/mol. The Morgan fingerprint density at radius 3 is 2.67 bits per heavy atom. The third-order valence-electron chi connectivity index (χ3n) is 2.95. The quantitative estimate of drug-likeness (QED) is 0.760. The Morgan fingerprint density at radius 1 is 1.22 bits per heavy atom. The van der Waals surface area contributed by atoms with Crippen molar-refractivity contribution in [3.63, 3.8) is 0 Å². The summed E-state index contributed by atoms with van der Waals surface area (Å²) in [5, 5.41) is 0.847. The number of hydrogen-bond donors (Lipinski definition) is 0. The fourth-order valence-corrected chi connectivity index (χ4v) is 2.29. The van der Waals surface area contributed by atoms with Crippen LogP contribution in [0.25, 0.3) is 11.4 Å². The second kappa shape index (κ2) is 4.48. The Bertz CT molecular complexity index is 612. The second-order valence-corrected chi connectivity index (χ2v) is 5.13. The van der Waals surface area contributed by atoms with Gasteiger partial charge in [-0.05, 0) is 37.0 Å². The molecule has 3 rings (SSSR count). The number of aromatic nitrogens is 2. The van der Waals surface area contributed by atoms with E-state index in [2.05, 4.69) is 9.97 Å². The molecule has 0 amide bonds. The Balaban J connectivity index is 2.06. The molecule has 1 aromatic heterocycles. The zero-order valence-corrected chi connectivity index (χ0v) is 10.8. The molecule has 0 spiro atoms. The Labute approximate surface area is 114 Å². The number of nitrogens with zero attached hydrogens (tertiary/aromatic N) is 2. The first kappa shape index (κ1) is 11.9. The summed E-state index contributed by atoms with van der Waals surface area (Å²) >= 11 is 11.9. The predicted octanol–water partition coefficient (Wildman–Crippen LogP) is 4.47. The van der Waals surface area contributed by atoms with Gasteiger partial charge in [-0.3, -0.25) is 0 Å². The average molecular weight is 283 g/mol. The van der Waals surface area contributed by atoms with Crippen LogP contribution in [-0.4, -0.2) is 9.97 Å². The molecule has 1 fully saturated rings. The summed E-state index contributed by atoms with van der Waals surface area (Å²) in [4.78, 5) is 8.34. The molecular formula is C13H9Cl2FN2. The van der Waals surface area contributed by atoms with E-state index in [0.29, 0.717) is 16.1 Å². The number of rotatable bonds is 2. The first-order chi connectivity index (χ1) is 8.65. The molecule has 0 bridgehead atoms. The molecule has 18 heavy (non-hydrogen) atoms.